The summed E-state index contributed by atoms with van der Waals surface area (Å²) in [5, 5.41) is 11.8. The Kier molecular flexibility index (Phi) is 7.51. The van der Waals surface area contributed by atoms with Crippen LogP contribution in [0, 0.1) is 5.92 Å². The lowest BCUT2D eigenvalue weighted by Crippen LogP contribution is -2.37. The van der Waals surface area contributed by atoms with Crippen LogP contribution in [0.3, 0.4) is 0 Å². The Morgan fingerprint density at radius 3 is 2.37 bits per heavy atom. The number of hydrogen-bond acceptors (Lipinski definition) is 7. The van der Waals surface area contributed by atoms with E-state index in [2.05, 4.69) is 6.92 Å². The van der Waals surface area contributed by atoms with Crippen LogP contribution in [-0.2, 0) is 14.4 Å². The van der Waals surface area contributed by atoms with Gasteiger partial charge in [0, 0.05) is 0 Å². The highest BCUT2D eigenvalue weighted by atomic mass is 16.7. The SMILES string of the molecule is CCCCCCOc1ccc(N2C(=O)[C@H]3[C@H](ON(c4ccccc4)[C@@H]3c3ccc(O)c(OC)c3)C2=O)cc1. The van der Waals surface area contributed by atoms with E-state index in [1.54, 1.807) is 41.5 Å². The fraction of sp³-hybridized carbons (Fsp3) is 0.333. The number of phenols is 1. The van der Waals surface area contributed by atoms with E-state index in [0.717, 1.165) is 12.8 Å². The third kappa shape index (κ3) is 4.79. The van der Waals surface area contributed by atoms with Gasteiger partial charge in [-0.15, -0.1) is 0 Å². The van der Waals surface area contributed by atoms with Crippen molar-refractivity contribution < 1.29 is 29.0 Å². The monoisotopic (exact) mass is 516 g/mol. The Morgan fingerprint density at radius 2 is 1.66 bits per heavy atom. The standard InChI is InChI=1S/C30H32N2O6/c1-3-4-5-9-18-37-23-15-13-21(14-16-23)31-29(34)26-27(20-12-17-24(33)25(19-20)36-2)32(38-28(26)30(31)35)22-10-7-6-8-11-22/h6-8,10-17,19,26-28,33H,3-5,9,18H2,1-2H3/t26-,27-,28+/m1/s1. The zero-order chi connectivity index (χ0) is 26.6. The third-order valence-corrected chi connectivity index (χ3v) is 7.03. The molecule has 2 heterocycles. The number of rotatable bonds is 10. The number of carbonyl (C=O) groups excluding carboxylic acids is 2. The molecule has 0 saturated carbocycles. The van der Waals surface area contributed by atoms with Crippen LogP contribution in [0.4, 0.5) is 11.4 Å². The summed E-state index contributed by atoms with van der Waals surface area (Å²) in [5.74, 6) is -0.582. The summed E-state index contributed by atoms with van der Waals surface area (Å²) in [7, 11) is 1.46. The van der Waals surface area contributed by atoms with Gasteiger partial charge in [-0.3, -0.25) is 14.4 Å². The second-order valence-corrected chi connectivity index (χ2v) is 9.50. The highest BCUT2D eigenvalue weighted by molar-refractivity contribution is 6.23. The largest absolute Gasteiger partial charge is 0.504 e. The van der Waals surface area contributed by atoms with Gasteiger partial charge < -0.3 is 14.6 Å². The Bertz CT molecular complexity index is 1280. The van der Waals surface area contributed by atoms with E-state index in [1.165, 1.54) is 30.9 Å². The van der Waals surface area contributed by atoms with Crippen LogP contribution in [0.2, 0.25) is 0 Å². The molecule has 0 unspecified atom stereocenters. The number of imide groups is 1. The molecule has 0 spiro atoms. The molecule has 2 saturated heterocycles. The number of hydroxylamine groups is 1. The van der Waals surface area contributed by atoms with E-state index >= 15 is 0 Å². The molecule has 2 amide bonds. The van der Waals surface area contributed by atoms with Crippen LogP contribution in [-0.4, -0.2) is 36.7 Å². The molecule has 38 heavy (non-hydrogen) atoms. The number of fused-ring (bicyclic) bond motifs is 1. The van der Waals surface area contributed by atoms with Gasteiger partial charge in [-0.2, -0.15) is 0 Å². The molecule has 3 atom stereocenters. The quantitative estimate of drug-likeness (QED) is 0.285. The lowest BCUT2D eigenvalue weighted by molar-refractivity contribution is -0.126. The number of anilines is 2. The summed E-state index contributed by atoms with van der Waals surface area (Å²) in [4.78, 5) is 34.7. The van der Waals surface area contributed by atoms with Crippen molar-refractivity contribution in [3.05, 3.63) is 78.4 Å². The van der Waals surface area contributed by atoms with Crippen molar-refractivity contribution in [1.29, 1.82) is 0 Å². The summed E-state index contributed by atoms with van der Waals surface area (Å²) >= 11 is 0. The van der Waals surface area contributed by atoms with Crippen molar-refractivity contribution in [2.24, 2.45) is 5.92 Å². The van der Waals surface area contributed by atoms with Crippen molar-refractivity contribution >= 4 is 23.2 Å². The van der Waals surface area contributed by atoms with Gasteiger partial charge in [-0.25, -0.2) is 9.96 Å². The van der Waals surface area contributed by atoms with Crippen molar-refractivity contribution in [3.63, 3.8) is 0 Å². The number of para-hydroxylation sites is 1. The number of phenolic OH excluding ortho intramolecular Hbond substituents is 1. The van der Waals surface area contributed by atoms with Gasteiger partial charge in [0.2, 0.25) is 5.91 Å². The lowest BCUT2D eigenvalue weighted by atomic mass is 9.90. The first kappa shape index (κ1) is 25.6. The molecule has 5 rings (SSSR count). The number of benzene rings is 3. The number of unbranched alkanes of at least 4 members (excludes halogenated alkanes) is 3. The fourth-order valence-corrected chi connectivity index (χ4v) is 5.10. The molecule has 3 aromatic rings. The topological polar surface area (TPSA) is 88.5 Å². The maximum atomic E-state index is 13.8. The molecule has 198 valence electrons. The average molecular weight is 517 g/mol. The molecular weight excluding hydrogens is 484 g/mol. The predicted molar refractivity (Wildman–Crippen MR) is 143 cm³/mol. The van der Waals surface area contributed by atoms with Gasteiger partial charge in [-0.05, 0) is 60.5 Å². The molecule has 2 aliphatic heterocycles. The van der Waals surface area contributed by atoms with Gasteiger partial charge in [0.1, 0.15) is 11.7 Å². The second-order valence-electron chi connectivity index (χ2n) is 9.50. The van der Waals surface area contributed by atoms with Crippen LogP contribution < -0.4 is 19.4 Å². The molecule has 0 aromatic heterocycles. The molecule has 1 N–H and O–H groups in total. The zero-order valence-corrected chi connectivity index (χ0v) is 21.6. The van der Waals surface area contributed by atoms with Crippen molar-refractivity contribution in [2.75, 3.05) is 23.7 Å². The van der Waals surface area contributed by atoms with Gasteiger partial charge >= 0.3 is 0 Å². The minimum atomic E-state index is -0.984. The number of methoxy groups -OCH3 is 1. The maximum Gasteiger partial charge on any atom is 0.266 e. The van der Waals surface area contributed by atoms with Crippen LogP contribution in [0.15, 0.2) is 72.8 Å². The smallest absolute Gasteiger partial charge is 0.266 e. The fourth-order valence-electron chi connectivity index (χ4n) is 5.10. The highest BCUT2D eigenvalue weighted by Crippen LogP contribution is 2.48. The molecular formula is C30H32N2O6. The van der Waals surface area contributed by atoms with E-state index in [0.29, 0.717) is 29.3 Å². The van der Waals surface area contributed by atoms with Gasteiger partial charge in [0.15, 0.2) is 17.6 Å². The molecule has 3 aromatic carbocycles. The summed E-state index contributed by atoms with van der Waals surface area (Å²) in [6, 6.07) is 20.7. The Balaban J connectivity index is 1.41. The van der Waals surface area contributed by atoms with Crippen LogP contribution in [0.5, 0.6) is 17.2 Å². The average Bonchev–Trinajstić information content (AvgIpc) is 3.45. The Labute approximate surface area is 222 Å². The molecule has 0 aliphatic carbocycles. The van der Waals surface area contributed by atoms with E-state index in [1.807, 2.05) is 30.3 Å². The van der Waals surface area contributed by atoms with Crippen LogP contribution >= 0.6 is 0 Å². The van der Waals surface area contributed by atoms with Crippen molar-refractivity contribution in [1.82, 2.24) is 0 Å². The summed E-state index contributed by atoms with van der Waals surface area (Å²) in [6.07, 6.45) is 3.48. The van der Waals surface area contributed by atoms with E-state index < -0.39 is 24.0 Å². The van der Waals surface area contributed by atoms with Gasteiger partial charge in [0.25, 0.3) is 5.91 Å². The van der Waals surface area contributed by atoms with E-state index in [-0.39, 0.29) is 17.4 Å². The number of amides is 2. The molecule has 8 heteroatoms. The number of carbonyl (C=O) groups is 2. The molecule has 2 fully saturated rings. The van der Waals surface area contributed by atoms with E-state index in [4.69, 9.17) is 14.3 Å². The van der Waals surface area contributed by atoms with E-state index in [9.17, 15) is 14.7 Å². The first-order chi connectivity index (χ1) is 18.5. The lowest BCUT2D eigenvalue weighted by Gasteiger charge is -2.29. The zero-order valence-electron chi connectivity index (χ0n) is 21.6. The number of aromatic hydroxyl groups is 1. The predicted octanol–water partition coefficient (Wildman–Crippen LogP) is 5.41. The summed E-state index contributed by atoms with van der Waals surface area (Å²) in [6.45, 7) is 2.80. The van der Waals surface area contributed by atoms with Crippen LogP contribution in [0.25, 0.3) is 0 Å². The maximum absolute atomic E-state index is 13.8. The highest BCUT2D eigenvalue weighted by Gasteiger charge is 2.60. The van der Waals surface area contributed by atoms with Gasteiger partial charge in [0.05, 0.1) is 31.1 Å². The molecule has 8 nitrogen and oxygen atoms in total. The first-order valence-corrected chi connectivity index (χ1v) is 13.0. The number of nitrogens with zero attached hydrogens (tertiary/aromatic N) is 2. The van der Waals surface area contributed by atoms with Crippen LogP contribution in [0.1, 0.15) is 44.2 Å². The normalized spacial score (nSPS) is 20.6. The minimum absolute atomic E-state index is 0.0129. The van der Waals surface area contributed by atoms with Crippen molar-refractivity contribution in [3.8, 4) is 17.2 Å². The molecule has 0 radical (unpaired) electrons. The minimum Gasteiger partial charge on any atom is -0.504 e. The summed E-state index contributed by atoms with van der Waals surface area (Å²) in [5.41, 5.74) is 1.88. The molecule has 2 aliphatic rings. The number of hydrogen-bond donors (Lipinski definition) is 1. The second kappa shape index (κ2) is 11.1. The third-order valence-electron chi connectivity index (χ3n) is 7.03. The first-order valence-electron chi connectivity index (χ1n) is 13.0. The number of ether oxygens (including phenoxy) is 2. The van der Waals surface area contributed by atoms with Crippen molar-refractivity contribution in [2.45, 2.75) is 44.8 Å². The Hall–Kier alpha value is -4.04. The Morgan fingerprint density at radius 1 is 0.895 bits per heavy atom. The van der Waals surface area contributed by atoms with Gasteiger partial charge in [-0.1, -0.05) is 50.5 Å². The summed E-state index contributed by atoms with van der Waals surface area (Å²) < 4.78 is 11.1. The molecule has 0 bridgehead atoms.